The summed E-state index contributed by atoms with van der Waals surface area (Å²) in [6, 6.07) is 25.0. The number of halogens is 1. The van der Waals surface area contributed by atoms with E-state index < -0.39 is 0 Å². The van der Waals surface area contributed by atoms with Gasteiger partial charge in [-0.3, -0.25) is 4.79 Å². The van der Waals surface area contributed by atoms with Gasteiger partial charge >= 0.3 is 0 Å². The van der Waals surface area contributed by atoms with Crippen LogP contribution in [-0.2, 0) is 11.3 Å². The van der Waals surface area contributed by atoms with Gasteiger partial charge in [-0.25, -0.2) is 4.39 Å². The topological polar surface area (TPSA) is 33.5 Å². The summed E-state index contributed by atoms with van der Waals surface area (Å²) in [5, 5.41) is 3.10. The third-order valence-corrected chi connectivity index (χ3v) is 5.17. The fourth-order valence-electron chi connectivity index (χ4n) is 3.57. The van der Waals surface area contributed by atoms with Gasteiger partial charge in [0.1, 0.15) is 12.4 Å². The smallest absolute Gasteiger partial charge is 0.279 e. The van der Waals surface area contributed by atoms with Gasteiger partial charge in [0.05, 0.1) is 6.04 Å². The first kappa shape index (κ1) is 18.4. The number of amides is 1. The lowest BCUT2D eigenvalue weighted by Gasteiger charge is -2.19. The highest BCUT2D eigenvalue weighted by molar-refractivity contribution is 5.96. The van der Waals surface area contributed by atoms with Gasteiger partial charge in [-0.05, 0) is 23.8 Å². The van der Waals surface area contributed by atoms with Crippen LogP contribution in [0.4, 0.5) is 10.1 Å². The number of nitrogens with one attached hydrogen (secondary N) is 2. The van der Waals surface area contributed by atoms with E-state index >= 15 is 0 Å². The first-order valence-electron chi connectivity index (χ1n) is 9.72. The van der Waals surface area contributed by atoms with E-state index in [1.54, 1.807) is 12.1 Å². The highest BCUT2D eigenvalue weighted by atomic mass is 19.1. The van der Waals surface area contributed by atoms with E-state index in [0.29, 0.717) is 12.6 Å². The molecule has 0 spiro atoms. The first-order chi connectivity index (χ1) is 13.7. The quantitative estimate of drug-likeness (QED) is 0.649. The Bertz CT molecular complexity index is 936. The summed E-state index contributed by atoms with van der Waals surface area (Å²) in [5.74, 6) is -0.223. The molecule has 1 amide bonds. The molecule has 1 atom stereocenters. The van der Waals surface area contributed by atoms with Crippen LogP contribution in [0.2, 0.25) is 0 Å². The molecule has 1 aliphatic rings. The van der Waals surface area contributed by atoms with Crippen molar-refractivity contribution in [1.29, 1.82) is 0 Å². The third-order valence-electron chi connectivity index (χ3n) is 5.17. The number of rotatable bonds is 7. The van der Waals surface area contributed by atoms with Gasteiger partial charge in [0.2, 0.25) is 0 Å². The fourth-order valence-corrected chi connectivity index (χ4v) is 3.57. The van der Waals surface area contributed by atoms with Crippen molar-refractivity contribution < 1.29 is 14.1 Å². The van der Waals surface area contributed by atoms with Gasteiger partial charge in [-0.1, -0.05) is 60.7 Å². The van der Waals surface area contributed by atoms with Gasteiger partial charge in [-0.2, -0.15) is 0 Å². The Morgan fingerprint density at radius 3 is 2.32 bits per heavy atom. The molecule has 1 aliphatic carbocycles. The first-order valence-corrected chi connectivity index (χ1v) is 9.72. The average molecular weight is 375 g/mol. The zero-order chi connectivity index (χ0) is 19.3. The zero-order valence-corrected chi connectivity index (χ0v) is 15.7. The van der Waals surface area contributed by atoms with E-state index in [1.807, 2.05) is 54.6 Å². The molecule has 4 rings (SSSR count). The molecule has 0 bridgehead atoms. The maximum Gasteiger partial charge on any atom is 0.279 e. The molecular formula is C24H24FN2O+. The summed E-state index contributed by atoms with van der Waals surface area (Å²) in [5.41, 5.74) is 3.98. The summed E-state index contributed by atoms with van der Waals surface area (Å²) in [6.07, 6.45) is 2.29. The fraction of sp³-hybridized carbons (Fsp3) is 0.208. The molecule has 3 aromatic carbocycles. The van der Waals surface area contributed by atoms with Crippen molar-refractivity contribution in [3.63, 3.8) is 0 Å². The number of carbonyl (C=O) groups excluding carboxylic acids is 1. The van der Waals surface area contributed by atoms with Crippen molar-refractivity contribution >= 4 is 11.6 Å². The van der Waals surface area contributed by atoms with Crippen LogP contribution in [0.3, 0.4) is 0 Å². The molecule has 28 heavy (non-hydrogen) atoms. The van der Waals surface area contributed by atoms with Gasteiger partial charge in [-0.15, -0.1) is 0 Å². The number of benzene rings is 3. The summed E-state index contributed by atoms with van der Waals surface area (Å²) in [7, 11) is 0. The van der Waals surface area contributed by atoms with Crippen LogP contribution in [-0.4, -0.2) is 18.5 Å². The van der Waals surface area contributed by atoms with Crippen LogP contribution in [0.15, 0.2) is 78.9 Å². The Labute approximate surface area is 164 Å². The molecule has 3 aromatic rings. The molecule has 1 saturated carbocycles. The van der Waals surface area contributed by atoms with Crippen LogP contribution in [0, 0.1) is 5.82 Å². The Morgan fingerprint density at radius 1 is 0.929 bits per heavy atom. The average Bonchev–Trinajstić information content (AvgIpc) is 3.56. The molecule has 0 saturated heterocycles. The summed E-state index contributed by atoms with van der Waals surface area (Å²) in [6.45, 7) is 1.14. The lowest BCUT2D eigenvalue weighted by molar-refractivity contribution is -0.916. The lowest BCUT2D eigenvalue weighted by Crippen LogP contribution is -3.13. The minimum absolute atomic E-state index is 0.00685. The number of quaternary nitrogens is 1. The Balaban J connectivity index is 1.45. The Morgan fingerprint density at radius 2 is 1.61 bits per heavy atom. The van der Waals surface area contributed by atoms with Crippen LogP contribution < -0.4 is 10.2 Å². The maximum absolute atomic E-state index is 13.2. The number of hydrogen-bond acceptors (Lipinski definition) is 1. The molecule has 3 nitrogen and oxygen atoms in total. The van der Waals surface area contributed by atoms with Crippen molar-refractivity contribution in [2.45, 2.75) is 25.4 Å². The van der Waals surface area contributed by atoms with E-state index in [-0.39, 0.29) is 11.7 Å². The third kappa shape index (κ3) is 4.65. The van der Waals surface area contributed by atoms with E-state index in [4.69, 9.17) is 0 Å². The second kappa shape index (κ2) is 8.36. The maximum atomic E-state index is 13.2. The van der Waals surface area contributed by atoms with Crippen LogP contribution >= 0.6 is 0 Å². The number of carbonyl (C=O) groups is 1. The predicted octanol–water partition coefficient (Wildman–Crippen LogP) is 3.68. The van der Waals surface area contributed by atoms with Gasteiger partial charge in [0, 0.05) is 29.7 Å². The molecule has 0 radical (unpaired) electrons. The van der Waals surface area contributed by atoms with Crippen molar-refractivity contribution in [3.05, 3.63) is 90.2 Å². The highest BCUT2D eigenvalue weighted by Gasteiger charge is 2.34. The van der Waals surface area contributed by atoms with E-state index in [2.05, 4.69) is 5.32 Å². The molecule has 1 fully saturated rings. The number of para-hydroxylation sites is 1. The van der Waals surface area contributed by atoms with E-state index in [1.165, 1.54) is 17.0 Å². The van der Waals surface area contributed by atoms with Crippen LogP contribution in [0.1, 0.15) is 18.4 Å². The molecule has 2 N–H and O–H groups in total. The van der Waals surface area contributed by atoms with Gasteiger partial charge in [0.15, 0.2) is 6.54 Å². The Kier molecular flexibility index (Phi) is 5.49. The minimum atomic E-state index is -0.230. The van der Waals surface area contributed by atoms with Crippen molar-refractivity contribution in [1.82, 2.24) is 0 Å². The normalized spacial score (nSPS) is 14.5. The molecule has 0 aliphatic heterocycles. The molecular weight excluding hydrogens is 351 g/mol. The van der Waals surface area contributed by atoms with Crippen molar-refractivity contribution in [3.8, 4) is 11.1 Å². The van der Waals surface area contributed by atoms with Crippen LogP contribution in [0.25, 0.3) is 11.1 Å². The highest BCUT2D eigenvalue weighted by Crippen LogP contribution is 2.27. The minimum Gasteiger partial charge on any atom is -0.321 e. The number of anilines is 1. The second-order valence-corrected chi connectivity index (χ2v) is 7.37. The summed E-state index contributed by atoms with van der Waals surface area (Å²) < 4.78 is 13.2. The summed E-state index contributed by atoms with van der Waals surface area (Å²) in [4.78, 5) is 14.0. The molecule has 4 heteroatoms. The number of hydrogen-bond donors (Lipinski definition) is 2. The molecule has 0 heterocycles. The molecule has 0 aromatic heterocycles. The monoisotopic (exact) mass is 375 g/mol. The summed E-state index contributed by atoms with van der Waals surface area (Å²) >= 11 is 0. The van der Waals surface area contributed by atoms with Gasteiger partial charge < -0.3 is 10.2 Å². The van der Waals surface area contributed by atoms with Crippen molar-refractivity contribution in [2.24, 2.45) is 0 Å². The SMILES string of the molecule is O=C(C[NH+](Cc1ccc(F)cc1)C1CC1)Nc1ccccc1-c1ccccc1. The van der Waals surface area contributed by atoms with Crippen LogP contribution in [0.5, 0.6) is 0 Å². The zero-order valence-electron chi connectivity index (χ0n) is 15.7. The van der Waals surface area contributed by atoms with E-state index in [9.17, 15) is 9.18 Å². The van der Waals surface area contributed by atoms with Crippen molar-refractivity contribution in [2.75, 3.05) is 11.9 Å². The molecule has 1 unspecified atom stereocenters. The lowest BCUT2D eigenvalue weighted by atomic mass is 10.0. The predicted molar refractivity (Wildman–Crippen MR) is 109 cm³/mol. The Hall–Kier alpha value is -2.98. The standard InChI is InChI=1S/C24H23FN2O/c25-20-12-10-18(11-13-20)16-27(21-14-15-21)17-24(28)26-23-9-5-4-8-22(23)19-6-2-1-3-7-19/h1-13,21H,14-17H2,(H,26,28)/p+1. The van der Waals surface area contributed by atoms with E-state index in [0.717, 1.165) is 41.8 Å². The molecule has 142 valence electrons. The van der Waals surface area contributed by atoms with Gasteiger partial charge in [0.25, 0.3) is 5.91 Å². The largest absolute Gasteiger partial charge is 0.321 e. The second-order valence-electron chi connectivity index (χ2n) is 7.37.